The van der Waals surface area contributed by atoms with Gasteiger partial charge in [0.2, 0.25) is 0 Å². The van der Waals surface area contributed by atoms with E-state index >= 15 is 0 Å². The number of hydrogen-bond donors (Lipinski definition) is 3. The molecule has 11 heteroatoms. The van der Waals surface area contributed by atoms with Gasteiger partial charge in [-0.2, -0.15) is 0 Å². The normalized spacial score (nSPS) is 23.7. The smallest absolute Gasteiger partial charge is 0.326 e. The summed E-state index contributed by atoms with van der Waals surface area (Å²) in [5.41, 5.74) is -0.964. The topological polar surface area (TPSA) is 143 Å². The first-order chi connectivity index (χ1) is 13.8. The molecular formula is C18H28N4O7. The fourth-order valence-corrected chi connectivity index (χ4v) is 3.59. The maximum absolute atomic E-state index is 12.8. The fourth-order valence-electron chi connectivity index (χ4n) is 3.59. The van der Waals surface area contributed by atoms with Gasteiger partial charge in [0.1, 0.15) is 12.1 Å². The van der Waals surface area contributed by atoms with Crippen molar-refractivity contribution in [3.05, 3.63) is 0 Å². The van der Waals surface area contributed by atoms with Crippen LogP contribution in [-0.2, 0) is 23.9 Å². The fraction of sp³-hybridized carbons (Fsp3) is 0.722. The molecule has 1 aliphatic carbocycles. The number of esters is 1. The predicted octanol–water partition coefficient (Wildman–Crippen LogP) is -0.107. The predicted molar refractivity (Wildman–Crippen MR) is 99.6 cm³/mol. The van der Waals surface area contributed by atoms with Gasteiger partial charge in [-0.1, -0.05) is 19.8 Å². The van der Waals surface area contributed by atoms with E-state index in [4.69, 9.17) is 9.47 Å². The molecule has 2 rings (SSSR count). The molecule has 0 aromatic rings. The van der Waals surface area contributed by atoms with Gasteiger partial charge < -0.3 is 20.1 Å². The molecular weight excluding hydrogens is 384 g/mol. The lowest BCUT2D eigenvalue weighted by Crippen LogP contribution is -2.54. The zero-order chi connectivity index (χ0) is 21.4. The molecule has 2 fully saturated rings. The summed E-state index contributed by atoms with van der Waals surface area (Å²) in [6.45, 7) is 1.41. The number of ether oxygens (including phenoxy) is 2. The van der Waals surface area contributed by atoms with Crippen molar-refractivity contribution in [1.29, 1.82) is 0 Å². The number of carbonyl (C=O) groups excluding carboxylic acids is 5. The molecule has 2 atom stereocenters. The van der Waals surface area contributed by atoms with Crippen molar-refractivity contribution in [2.75, 3.05) is 33.4 Å². The highest BCUT2D eigenvalue weighted by Gasteiger charge is 2.55. The van der Waals surface area contributed by atoms with E-state index in [0.29, 0.717) is 26.0 Å². The summed E-state index contributed by atoms with van der Waals surface area (Å²) >= 11 is 0. The first kappa shape index (κ1) is 22.6. The van der Waals surface area contributed by atoms with Gasteiger partial charge in [-0.3, -0.25) is 24.6 Å². The van der Waals surface area contributed by atoms with Gasteiger partial charge in [-0.15, -0.1) is 0 Å². The Morgan fingerprint density at radius 3 is 2.72 bits per heavy atom. The number of methoxy groups -OCH3 is 1. The highest BCUT2D eigenvalue weighted by atomic mass is 16.5. The largest absolute Gasteiger partial charge is 0.454 e. The van der Waals surface area contributed by atoms with Crippen LogP contribution >= 0.6 is 0 Å². The minimum atomic E-state index is -0.964. The van der Waals surface area contributed by atoms with Crippen molar-refractivity contribution in [3.8, 4) is 0 Å². The van der Waals surface area contributed by atoms with Crippen LogP contribution in [0, 0.1) is 5.92 Å². The minimum Gasteiger partial charge on any atom is -0.454 e. The molecule has 0 bridgehead atoms. The summed E-state index contributed by atoms with van der Waals surface area (Å²) < 4.78 is 9.61. The minimum absolute atomic E-state index is 0.0260. The van der Waals surface area contributed by atoms with Gasteiger partial charge in [0.05, 0.1) is 0 Å². The Kier molecular flexibility index (Phi) is 7.94. The van der Waals surface area contributed by atoms with Gasteiger partial charge in [-0.05, 0) is 25.2 Å². The molecule has 1 spiro atoms. The number of nitrogens with zero attached hydrogens (tertiary/aromatic N) is 1. The number of amides is 6. The highest BCUT2D eigenvalue weighted by Crippen LogP contribution is 2.38. The second-order valence-electron chi connectivity index (χ2n) is 7.25. The summed E-state index contributed by atoms with van der Waals surface area (Å²) in [4.78, 5) is 61.0. The number of nitrogens with one attached hydrogen (secondary N) is 3. The Balaban J connectivity index is 1.76. The zero-order valence-electron chi connectivity index (χ0n) is 16.7. The summed E-state index contributed by atoms with van der Waals surface area (Å²) in [5.74, 6) is -2.20. The van der Waals surface area contributed by atoms with Gasteiger partial charge in [0, 0.05) is 20.3 Å². The zero-order valence-corrected chi connectivity index (χ0v) is 16.7. The summed E-state index contributed by atoms with van der Waals surface area (Å²) in [6.07, 6.45) is 3.74. The monoisotopic (exact) mass is 412 g/mol. The number of urea groups is 2. The summed E-state index contributed by atoms with van der Waals surface area (Å²) in [7, 11) is 1.53. The van der Waals surface area contributed by atoms with Crippen LogP contribution in [0.4, 0.5) is 9.59 Å². The Bertz CT molecular complexity index is 669. The van der Waals surface area contributed by atoms with Crippen molar-refractivity contribution >= 4 is 29.8 Å². The average Bonchev–Trinajstić information content (AvgIpc) is 2.91. The van der Waals surface area contributed by atoms with Gasteiger partial charge in [-0.25, -0.2) is 9.59 Å². The van der Waals surface area contributed by atoms with E-state index in [1.807, 2.05) is 12.2 Å². The van der Waals surface area contributed by atoms with Crippen molar-refractivity contribution in [1.82, 2.24) is 20.9 Å². The molecule has 1 heterocycles. The Hall–Kier alpha value is -2.69. The molecule has 2 aliphatic rings. The molecule has 3 N–H and O–H groups in total. The maximum Gasteiger partial charge on any atom is 0.326 e. The molecule has 0 aromatic carbocycles. The molecule has 2 unspecified atom stereocenters. The van der Waals surface area contributed by atoms with Crippen LogP contribution in [0.5, 0.6) is 0 Å². The maximum atomic E-state index is 12.8. The van der Waals surface area contributed by atoms with E-state index in [1.165, 1.54) is 7.11 Å². The molecule has 0 aromatic heterocycles. The summed E-state index contributed by atoms with van der Waals surface area (Å²) in [5, 5.41) is 7.19. The lowest BCUT2D eigenvalue weighted by Gasteiger charge is -2.36. The Morgan fingerprint density at radius 2 is 2.03 bits per heavy atom. The average molecular weight is 412 g/mol. The SMILES string of the molecule is COCCCNC(=O)NC(=O)COC(=O)CN1C(=O)NC2(CCCCC2C)C1=O. The molecule has 11 nitrogen and oxygen atoms in total. The van der Waals surface area contributed by atoms with E-state index in [-0.39, 0.29) is 5.92 Å². The van der Waals surface area contributed by atoms with Crippen LogP contribution in [-0.4, -0.2) is 73.7 Å². The van der Waals surface area contributed by atoms with E-state index in [9.17, 15) is 24.0 Å². The summed E-state index contributed by atoms with van der Waals surface area (Å²) in [6, 6.07) is -1.36. The molecule has 6 amide bonds. The first-order valence-electron chi connectivity index (χ1n) is 9.66. The lowest BCUT2D eigenvalue weighted by molar-refractivity contribution is -0.151. The molecule has 1 aliphatic heterocycles. The third kappa shape index (κ3) is 5.66. The number of hydrogen-bond acceptors (Lipinski definition) is 7. The van der Waals surface area contributed by atoms with Gasteiger partial charge in [0.15, 0.2) is 6.61 Å². The van der Waals surface area contributed by atoms with Gasteiger partial charge in [0.25, 0.3) is 11.8 Å². The van der Waals surface area contributed by atoms with E-state index < -0.39 is 48.5 Å². The van der Waals surface area contributed by atoms with Crippen molar-refractivity contribution < 1.29 is 33.4 Å². The lowest BCUT2D eigenvalue weighted by atomic mass is 9.73. The van der Waals surface area contributed by atoms with Crippen molar-refractivity contribution in [2.45, 2.75) is 44.6 Å². The Morgan fingerprint density at radius 1 is 1.28 bits per heavy atom. The van der Waals surface area contributed by atoms with Crippen LogP contribution in [0.3, 0.4) is 0 Å². The second kappa shape index (κ2) is 10.2. The van der Waals surface area contributed by atoms with Crippen LogP contribution in [0.1, 0.15) is 39.0 Å². The number of imide groups is 2. The standard InChI is InChI=1S/C18H28N4O7/c1-12-6-3-4-7-18(12)15(25)22(17(27)21-18)10-14(24)29-11-13(23)20-16(26)19-8-5-9-28-2/h12H,3-11H2,1-2H3,(H,21,27)(H2,19,20,23,26). The van der Waals surface area contributed by atoms with Crippen LogP contribution in [0.25, 0.3) is 0 Å². The van der Waals surface area contributed by atoms with Crippen molar-refractivity contribution in [2.24, 2.45) is 5.92 Å². The second-order valence-corrected chi connectivity index (χ2v) is 7.25. The number of carbonyl (C=O) groups is 5. The van der Waals surface area contributed by atoms with E-state index in [0.717, 1.165) is 24.2 Å². The quantitative estimate of drug-likeness (QED) is 0.287. The molecule has 0 radical (unpaired) electrons. The Labute approximate surface area is 168 Å². The third-order valence-electron chi connectivity index (χ3n) is 5.22. The van der Waals surface area contributed by atoms with Gasteiger partial charge >= 0.3 is 18.0 Å². The number of rotatable bonds is 8. The van der Waals surface area contributed by atoms with Crippen LogP contribution in [0.2, 0.25) is 0 Å². The van der Waals surface area contributed by atoms with Crippen LogP contribution < -0.4 is 16.0 Å². The van der Waals surface area contributed by atoms with Crippen LogP contribution in [0.15, 0.2) is 0 Å². The molecule has 1 saturated carbocycles. The third-order valence-corrected chi connectivity index (χ3v) is 5.22. The van der Waals surface area contributed by atoms with Crippen molar-refractivity contribution in [3.63, 3.8) is 0 Å². The van der Waals surface area contributed by atoms with E-state index in [1.54, 1.807) is 0 Å². The highest BCUT2D eigenvalue weighted by molar-refractivity contribution is 6.09. The first-order valence-corrected chi connectivity index (χ1v) is 9.66. The molecule has 162 valence electrons. The molecule has 1 saturated heterocycles. The van der Waals surface area contributed by atoms with E-state index in [2.05, 4.69) is 10.6 Å². The molecule has 29 heavy (non-hydrogen) atoms.